The Morgan fingerprint density at radius 2 is 2.07 bits per heavy atom. The van der Waals surface area contributed by atoms with Crippen molar-refractivity contribution in [1.82, 2.24) is 5.06 Å². The lowest BCUT2D eigenvalue weighted by atomic mass is 10.2. The van der Waals surface area contributed by atoms with Gasteiger partial charge in [-0.25, -0.2) is 4.79 Å². The second kappa shape index (κ2) is 5.36. The van der Waals surface area contributed by atoms with Crippen LogP contribution in [-0.4, -0.2) is 31.2 Å². The lowest BCUT2D eigenvalue weighted by molar-refractivity contribution is -0.0880. The third-order valence-corrected chi connectivity index (χ3v) is 1.69. The monoisotopic (exact) mass is 194 g/mol. The Balaban J connectivity index is 2.51. The van der Waals surface area contributed by atoms with Gasteiger partial charge in [-0.2, -0.15) is 0 Å². The Morgan fingerprint density at radius 3 is 2.64 bits per heavy atom. The van der Waals surface area contributed by atoms with Gasteiger partial charge in [0.25, 0.3) is 0 Å². The van der Waals surface area contributed by atoms with Crippen molar-refractivity contribution < 1.29 is 9.63 Å². The number of nitrogens with zero attached hydrogens (tertiary/aromatic N) is 1. The van der Waals surface area contributed by atoms with Crippen LogP contribution in [-0.2, 0) is 4.84 Å². The summed E-state index contributed by atoms with van der Waals surface area (Å²) in [6, 6.07) is 8.84. The molecular formula is C10H14N2O2. The standard InChI is InChI=1S/C10H14N2O2/c1-12(8-7-11)14-10(13)9-5-3-2-4-6-9/h2-6H,7-8,11H2,1H3. The van der Waals surface area contributed by atoms with Gasteiger partial charge in [-0.1, -0.05) is 18.2 Å². The Labute approximate surface area is 83.2 Å². The summed E-state index contributed by atoms with van der Waals surface area (Å²) in [7, 11) is 1.67. The van der Waals surface area contributed by atoms with Crippen molar-refractivity contribution in [2.45, 2.75) is 0 Å². The average molecular weight is 194 g/mol. The molecule has 0 unspecified atom stereocenters. The summed E-state index contributed by atoms with van der Waals surface area (Å²) in [5.41, 5.74) is 5.85. The number of hydroxylamine groups is 2. The molecule has 0 aromatic heterocycles. The fraction of sp³-hybridized carbons (Fsp3) is 0.300. The lowest BCUT2D eigenvalue weighted by Gasteiger charge is -2.14. The van der Waals surface area contributed by atoms with Crippen molar-refractivity contribution in [3.8, 4) is 0 Å². The van der Waals surface area contributed by atoms with E-state index in [1.54, 1.807) is 31.3 Å². The number of carbonyl (C=O) groups excluding carboxylic acids is 1. The predicted octanol–water partition coefficient (Wildman–Crippen LogP) is 0.649. The molecule has 76 valence electrons. The SMILES string of the molecule is CN(CCN)OC(=O)c1ccccc1. The largest absolute Gasteiger partial charge is 0.364 e. The average Bonchev–Trinajstić information content (AvgIpc) is 2.19. The second-order valence-electron chi connectivity index (χ2n) is 2.88. The fourth-order valence-electron chi connectivity index (χ4n) is 0.996. The molecule has 4 heteroatoms. The number of carbonyl (C=O) groups is 1. The van der Waals surface area contributed by atoms with Gasteiger partial charge in [0.15, 0.2) is 0 Å². The maximum absolute atomic E-state index is 11.4. The van der Waals surface area contributed by atoms with Crippen LogP contribution >= 0.6 is 0 Å². The lowest BCUT2D eigenvalue weighted by Crippen LogP contribution is -2.28. The summed E-state index contributed by atoms with van der Waals surface area (Å²) in [6.45, 7) is 0.983. The van der Waals surface area contributed by atoms with Crippen molar-refractivity contribution in [3.63, 3.8) is 0 Å². The molecule has 0 amide bonds. The molecule has 0 saturated heterocycles. The van der Waals surface area contributed by atoms with Crippen LogP contribution < -0.4 is 5.73 Å². The zero-order valence-corrected chi connectivity index (χ0v) is 8.14. The van der Waals surface area contributed by atoms with Gasteiger partial charge in [0, 0.05) is 20.1 Å². The second-order valence-corrected chi connectivity index (χ2v) is 2.88. The normalized spacial score (nSPS) is 10.2. The van der Waals surface area contributed by atoms with E-state index in [9.17, 15) is 4.79 Å². The number of rotatable bonds is 4. The topological polar surface area (TPSA) is 55.6 Å². The van der Waals surface area contributed by atoms with E-state index in [1.165, 1.54) is 5.06 Å². The van der Waals surface area contributed by atoms with Gasteiger partial charge in [-0.15, -0.1) is 5.06 Å². The van der Waals surface area contributed by atoms with Gasteiger partial charge in [0.1, 0.15) is 0 Å². The zero-order valence-electron chi connectivity index (χ0n) is 8.14. The van der Waals surface area contributed by atoms with Gasteiger partial charge >= 0.3 is 5.97 Å². The van der Waals surface area contributed by atoms with E-state index in [4.69, 9.17) is 10.6 Å². The van der Waals surface area contributed by atoms with E-state index >= 15 is 0 Å². The Bertz CT molecular complexity index is 287. The molecule has 0 heterocycles. The molecule has 4 nitrogen and oxygen atoms in total. The highest BCUT2D eigenvalue weighted by Crippen LogP contribution is 2.01. The summed E-state index contributed by atoms with van der Waals surface area (Å²) in [5.74, 6) is -0.360. The van der Waals surface area contributed by atoms with Gasteiger partial charge in [0.2, 0.25) is 0 Å². The van der Waals surface area contributed by atoms with Crippen LogP contribution in [0.1, 0.15) is 10.4 Å². The Hall–Kier alpha value is -1.39. The molecule has 1 aromatic carbocycles. The zero-order chi connectivity index (χ0) is 10.4. The third-order valence-electron chi connectivity index (χ3n) is 1.69. The molecule has 0 spiro atoms. The van der Waals surface area contributed by atoms with Crippen molar-refractivity contribution >= 4 is 5.97 Å². The van der Waals surface area contributed by atoms with Gasteiger partial charge in [-0.05, 0) is 12.1 Å². The minimum atomic E-state index is -0.360. The maximum Gasteiger partial charge on any atom is 0.357 e. The summed E-state index contributed by atoms with van der Waals surface area (Å²) in [6.07, 6.45) is 0. The smallest absolute Gasteiger partial charge is 0.357 e. The van der Waals surface area contributed by atoms with E-state index in [0.29, 0.717) is 18.7 Å². The van der Waals surface area contributed by atoms with Crippen molar-refractivity contribution in [2.24, 2.45) is 5.73 Å². The molecule has 0 saturated carbocycles. The van der Waals surface area contributed by atoms with Crippen molar-refractivity contribution in [2.75, 3.05) is 20.1 Å². The first-order valence-corrected chi connectivity index (χ1v) is 4.42. The van der Waals surface area contributed by atoms with E-state index in [0.717, 1.165) is 0 Å². The summed E-state index contributed by atoms with van der Waals surface area (Å²) >= 11 is 0. The minimum absolute atomic E-state index is 0.360. The highest BCUT2D eigenvalue weighted by molar-refractivity contribution is 5.89. The summed E-state index contributed by atoms with van der Waals surface area (Å²) in [4.78, 5) is 16.4. The molecule has 0 aliphatic carbocycles. The number of hydrogen-bond donors (Lipinski definition) is 1. The number of nitrogens with two attached hydrogens (primary N) is 1. The Kier molecular flexibility index (Phi) is 4.10. The molecule has 0 atom stereocenters. The minimum Gasteiger partial charge on any atom is -0.364 e. The first-order chi connectivity index (χ1) is 6.74. The molecule has 14 heavy (non-hydrogen) atoms. The first-order valence-electron chi connectivity index (χ1n) is 4.42. The van der Waals surface area contributed by atoms with Gasteiger partial charge in [-0.3, -0.25) is 0 Å². The molecular weight excluding hydrogens is 180 g/mol. The highest BCUT2D eigenvalue weighted by atomic mass is 16.7. The third kappa shape index (κ3) is 3.16. The first kappa shape index (κ1) is 10.7. The van der Waals surface area contributed by atoms with Gasteiger partial charge in [0.05, 0.1) is 5.56 Å². The fourth-order valence-corrected chi connectivity index (χ4v) is 0.996. The number of likely N-dealkylation sites (N-methyl/N-ethyl adjacent to an activating group) is 1. The van der Waals surface area contributed by atoms with E-state index in [-0.39, 0.29) is 5.97 Å². The predicted molar refractivity (Wildman–Crippen MR) is 53.5 cm³/mol. The van der Waals surface area contributed by atoms with Crippen molar-refractivity contribution in [3.05, 3.63) is 35.9 Å². The molecule has 1 aromatic rings. The van der Waals surface area contributed by atoms with Crippen LogP contribution in [0, 0.1) is 0 Å². The van der Waals surface area contributed by atoms with Crippen LogP contribution in [0.5, 0.6) is 0 Å². The van der Waals surface area contributed by atoms with Crippen LogP contribution in [0.25, 0.3) is 0 Å². The van der Waals surface area contributed by atoms with Crippen LogP contribution in [0.15, 0.2) is 30.3 Å². The quantitative estimate of drug-likeness (QED) is 0.715. The van der Waals surface area contributed by atoms with Crippen molar-refractivity contribution in [1.29, 1.82) is 0 Å². The van der Waals surface area contributed by atoms with E-state index in [2.05, 4.69) is 0 Å². The maximum atomic E-state index is 11.4. The number of benzene rings is 1. The molecule has 0 radical (unpaired) electrons. The van der Waals surface area contributed by atoms with Crippen LogP contribution in [0.2, 0.25) is 0 Å². The van der Waals surface area contributed by atoms with Crippen LogP contribution in [0.3, 0.4) is 0 Å². The molecule has 0 fully saturated rings. The molecule has 2 N–H and O–H groups in total. The molecule has 1 rings (SSSR count). The van der Waals surface area contributed by atoms with Crippen LogP contribution in [0.4, 0.5) is 0 Å². The molecule has 0 aliphatic rings. The summed E-state index contributed by atoms with van der Waals surface area (Å²) in [5, 5.41) is 1.43. The summed E-state index contributed by atoms with van der Waals surface area (Å²) < 4.78 is 0. The van der Waals surface area contributed by atoms with Gasteiger partial charge < -0.3 is 10.6 Å². The number of hydrogen-bond acceptors (Lipinski definition) is 4. The molecule has 0 bridgehead atoms. The Morgan fingerprint density at radius 1 is 1.43 bits per heavy atom. The highest BCUT2D eigenvalue weighted by Gasteiger charge is 2.08. The molecule has 0 aliphatic heterocycles. The van der Waals surface area contributed by atoms with E-state index < -0.39 is 0 Å². The van der Waals surface area contributed by atoms with E-state index in [1.807, 2.05) is 6.07 Å².